The standard InChI is InChI=1S/C12H16BFO2/c1-3-8(12(15)16-2)6-9-7-10(14)4-5-11(9)13/h4-5,7-8H,3,6,13H2,1-2H3. The number of methoxy groups -OCH3 is 1. The van der Waals surface area contributed by atoms with Gasteiger partial charge in [0, 0.05) is 0 Å². The first-order valence-corrected chi connectivity index (χ1v) is 5.41. The number of hydrogen-bond acceptors (Lipinski definition) is 2. The molecule has 0 aliphatic heterocycles. The minimum Gasteiger partial charge on any atom is -0.469 e. The number of benzene rings is 1. The van der Waals surface area contributed by atoms with Crippen LogP contribution in [0, 0.1) is 11.7 Å². The summed E-state index contributed by atoms with van der Waals surface area (Å²) in [5.41, 5.74) is 1.88. The molecule has 16 heavy (non-hydrogen) atoms. The van der Waals surface area contributed by atoms with E-state index >= 15 is 0 Å². The van der Waals surface area contributed by atoms with Crippen molar-refractivity contribution in [3.8, 4) is 0 Å². The van der Waals surface area contributed by atoms with E-state index in [0.717, 1.165) is 11.0 Å². The van der Waals surface area contributed by atoms with Gasteiger partial charge in [-0.3, -0.25) is 4.79 Å². The minimum absolute atomic E-state index is 0.189. The van der Waals surface area contributed by atoms with Gasteiger partial charge in [-0.05, 0) is 25.0 Å². The largest absolute Gasteiger partial charge is 0.469 e. The van der Waals surface area contributed by atoms with Crippen LogP contribution in [0.4, 0.5) is 4.39 Å². The number of carbonyl (C=O) groups excluding carboxylic acids is 1. The maximum absolute atomic E-state index is 13.1. The average Bonchev–Trinajstić information content (AvgIpc) is 2.29. The van der Waals surface area contributed by atoms with Crippen LogP contribution in [0.1, 0.15) is 18.9 Å². The maximum atomic E-state index is 13.1. The molecule has 0 saturated carbocycles. The minimum atomic E-state index is -0.264. The first-order chi connectivity index (χ1) is 7.58. The van der Waals surface area contributed by atoms with Crippen molar-refractivity contribution in [3.63, 3.8) is 0 Å². The lowest BCUT2D eigenvalue weighted by molar-refractivity contribution is -0.145. The third-order valence-corrected chi connectivity index (χ3v) is 2.80. The van der Waals surface area contributed by atoms with Crippen molar-refractivity contribution in [2.45, 2.75) is 19.8 Å². The topological polar surface area (TPSA) is 26.3 Å². The summed E-state index contributed by atoms with van der Waals surface area (Å²) in [6.45, 7) is 1.93. The molecular weight excluding hydrogens is 206 g/mol. The van der Waals surface area contributed by atoms with E-state index in [9.17, 15) is 9.18 Å². The fraction of sp³-hybridized carbons (Fsp3) is 0.417. The second-order valence-electron chi connectivity index (χ2n) is 3.90. The molecule has 86 valence electrons. The van der Waals surface area contributed by atoms with E-state index in [1.807, 2.05) is 14.8 Å². The fourth-order valence-corrected chi connectivity index (χ4v) is 1.69. The molecule has 1 atom stereocenters. The van der Waals surface area contributed by atoms with Crippen molar-refractivity contribution in [1.29, 1.82) is 0 Å². The van der Waals surface area contributed by atoms with Gasteiger partial charge in [-0.2, -0.15) is 0 Å². The van der Waals surface area contributed by atoms with Crippen LogP contribution in [0.2, 0.25) is 0 Å². The van der Waals surface area contributed by atoms with Crippen LogP contribution in [0.5, 0.6) is 0 Å². The summed E-state index contributed by atoms with van der Waals surface area (Å²) in [5.74, 6) is -0.683. The molecule has 1 rings (SSSR count). The SMILES string of the molecule is Bc1ccc(F)cc1CC(CC)C(=O)OC. The van der Waals surface area contributed by atoms with Gasteiger partial charge in [0.1, 0.15) is 13.7 Å². The number of hydrogen-bond donors (Lipinski definition) is 0. The van der Waals surface area contributed by atoms with E-state index in [1.165, 1.54) is 19.2 Å². The lowest BCUT2D eigenvalue weighted by atomic mass is 9.85. The van der Waals surface area contributed by atoms with Crippen molar-refractivity contribution in [2.75, 3.05) is 7.11 Å². The molecule has 0 aliphatic rings. The number of esters is 1. The van der Waals surface area contributed by atoms with Gasteiger partial charge in [0.2, 0.25) is 0 Å². The smallest absolute Gasteiger partial charge is 0.308 e. The van der Waals surface area contributed by atoms with Crippen LogP contribution < -0.4 is 5.46 Å². The summed E-state index contributed by atoms with van der Waals surface area (Å²) in [4.78, 5) is 11.4. The van der Waals surface area contributed by atoms with Crippen LogP contribution in [-0.4, -0.2) is 20.9 Å². The Kier molecular flexibility index (Phi) is 4.53. The zero-order valence-corrected chi connectivity index (χ0v) is 9.92. The van der Waals surface area contributed by atoms with Crippen LogP contribution in [0.25, 0.3) is 0 Å². The molecule has 0 fully saturated rings. The second-order valence-corrected chi connectivity index (χ2v) is 3.90. The molecule has 1 unspecified atom stereocenters. The van der Waals surface area contributed by atoms with Gasteiger partial charge in [-0.15, -0.1) is 0 Å². The molecule has 2 nitrogen and oxygen atoms in total. The van der Waals surface area contributed by atoms with E-state index in [2.05, 4.69) is 0 Å². The molecule has 4 heteroatoms. The first-order valence-electron chi connectivity index (χ1n) is 5.41. The van der Waals surface area contributed by atoms with Crippen LogP contribution in [0.15, 0.2) is 18.2 Å². The Hall–Kier alpha value is -1.32. The summed E-state index contributed by atoms with van der Waals surface area (Å²) in [7, 11) is 3.29. The highest BCUT2D eigenvalue weighted by Gasteiger charge is 2.18. The zero-order chi connectivity index (χ0) is 12.1. The first kappa shape index (κ1) is 12.8. The Morgan fingerprint density at radius 2 is 2.25 bits per heavy atom. The monoisotopic (exact) mass is 222 g/mol. The van der Waals surface area contributed by atoms with Crippen molar-refractivity contribution in [3.05, 3.63) is 29.6 Å². The Labute approximate surface area is 96.2 Å². The third kappa shape index (κ3) is 3.09. The maximum Gasteiger partial charge on any atom is 0.308 e. The fourth-order valence-electron chi connectivity index (χ4n) is 1.69. The molecule has 0 amide bonds. The van der Waals surface area contributed by atoms with E-state index in [1.54, 1.807) is 6.07 Å². The highest BCUT2D eigenvalue weighted by Crippen LogP contribution is 2.13. The summed E-state index contributed by atoms with van der Waals surface area (Å²) in [6.07, 6.45) is 1.23. The van der Waals surface area contributed by atoms with Crippen molar-refractivity contribution >= 4 is 19.3 Å². The average molecular weight is 222 g/mol. The number of rotatable bonds is 4. The van der Waals surface area contributed by atoms with Crippen LogP contribution in [-0.2, 0) is 16.0 Å². The van der Waals surface area contributed by atoms with Gasteiger partial charge in [0.25, 0.3) is 0 Å². The quantitative estimate of drug-likeness (QED) is 0.557. The number of halogens is 1. The van der Waals surface area contributed by atoms with E-state index in [4.69, 9.17) is 4.74 Å². The zero-order valence-electron chi connectivity index (χ0n) is 9.92. The van der Waals surface area contributed by atoms with E-state index in [0.29, 0.717) is 12.8 Å². The molecule has 0 N–H and O–H groups in total. The molecule has 0 aliphatic carbocycles. The third-order valence-electron chi connectivity index (χ3n) is 2.80. The van der Waals surface area contributed by atoms with E-state index in [-0.39, 0.29) is 17.7 Å². The normalized spacial score (nSPS) is 12.2. The van der Waals surface area contributed by atoms with Crippen molar-refractivity contribution < 1.29 is 13.9 Å². The van der Waals surface area contributed by atoms with Crippen LogP contribution in [0.3, 0.4) is 0 Å². The lowest BCUT2D eigenvalue weighted by Crippen LogP contribution is -2.22. The number of carbonyl (C=O) groups is 1. The van der Waals surface area contributed by atoms with Crippen molar-refractivity contribution in [2.24, 2.45) is 5.92 Å². The Balaban J connectivity index is 2.85. The van der Waals surface area contributed by atoms with Gasteiger partial charge >= 0.3 is 5.97 Å². The highest BCUT2D eigenvalue weighted by atomic mass is 19.1. The summed E-state index contributed by atoms with van der Waals surface area (Å²) >= 11 is 0. The van der Waals surface area contributed by atoms with Crippen molar-refractivity contribution in [1.82, 2.24) is 0 Å². The summed E-state index contributed by atoms with van der Waals surface area (Å²) < 4.78 is 17.8. The summed E-state index contributed by atoms with van der Waals surface area (Å²) in [5, 5.41) is 0. The Morgan fingerprint density at radius 3 is 2.81 bits per heavy atom. The molecule has 1 aromatic carbocycles. The highest BCUT2D eigenvalue weighted by molar-refractivity contribution is 6.33. The second kappa shape index (κ2) is 5.68. The van der Waals surface area contributed by atoms with Gasteiger partial charge in [0.05, 0.1) is 13.0 Å². The molecule has 0 radical (unpaired) electrons. The van der Waals surface area contributed by atoms with Gasteiger partial charge < -0.3 is 4.74 Å². The molecule has 0 heterocycles. The van der Waals surface area contributed by atoms with Crippen LogP contribution >= 0.6 is 0 Å². The van der Waals surface area contributed by atoms with Gasteiger partial charge in [0.15, 0.2) is 0 Å². The molecule has 0 saturated heterocycles. The van der Waals surface area contributed by atoms with Gasteiger partial charge in [-0.1, -0.05) is 24.0 Å². The predicted molar refractivity (Wildman–Crippen MR) is 64.1 cm³/mol. The predicted octanol–water partition coefficient (Wildman–Crippen LogP) is 0.826. The molecule has 1 aromatic rings. The van der Waals surface area contributed by atoms with Gasteiger partial charge in [-0.25, -0.2) is 4.39 Å². The molecule has 0 spiro atoms. The number of ether oxygens (including phenoxy) is 1. The Bertz CT molecular complexity index is 379. The van der Waals surface area contributed by atoms with E-state index < -0.39 is 0 Å². The molecule has 0 aromatic heterocycles. The molecular formula is C12H16BFO2. The summed E-state index contributed by atoms with van der Waals surface area (Å²) in [6, 6.07) is 4.65. The molecule has 0 bridgehead atoms. The lowest BCUT2D eigenvalue weighted by Gasteiger charge is -2.14. The Morgan fingerprint density at radius 1 is 1.56 bits per heavy atom.